The van der Waals surface area contributed by atoms with Crippen molar-refractivity contribution in [1.29, 1.82) is 0 Å². The van der Waals surface area contributed by atoms with Gasteiger partial charge in [-0.3, -0.25) is 9.78 Å². The van der Waals surface area contributed by atoms with E-state index in [-0.39, 0.29) is 11.7 Å². The number of carbonyl (C=O) groups excluding carboxylic acids is 1. The first-order valence-electron chi connectivity index (χ1n) is 10.5. The Labute approximate surface area is 194 Å². The lowest BCUT2D eigenvalue weighted by Crippen LogP contribution is -2.26. The van der Waals surface area contributed by atoms with Crippen molar-refractivity contribution < 1.29 is 9.90 Å². The minimum absolute atomic E-state index is 0.129. The molecule has 0 spiro atoms. The van der Waals surface area contributed by atoms with Gasteiger partial charge in [-0.15, -0.1) is 11.3 Å². The average molecular weight is 456 g/mol. The number of carbonyl (C=O) groups is 1. The van der Waals surface area contributed by atoms with E-state index in [9.17, 15) is 9.90 Å². The number of amides is 1. The third-order valence-corrected chi connectivity index (χ3v) is 6.61. The molecule has 0 aliphatic carbocycles. The van der Waals surface area contributed by atoms with Gasteiger partial charge in [0.1, 0.15) is 15.6 Å². The summed E-state index contributed by atoms with van der Waals surface area (Å²) in [6.07, 6.45) is 5.47. The number of rotatable bonds is 5. The normalized spacial score (nSPS) is 15.5. The number of para-hydroxylation sites is 1. The summed E-state index contributed by atoms with van der Waals surface area (Å²) in [5.74, 6) is -0.138. The lowest BCUT2D eigenvalue weighted by Gasteiger charge is -2.22. The molecule has 164 valence electrons. The Morgan fingerprint density at radius 3 is 2.70 bits per heavy atom. The minimum atomic E-state index is -0.434. The Morgan fingerprint density at radius 2 is 1.91 bits per heavy atom. The fourth-order valence-corrected chi connectivity index (χ4v) is 4.84. The minimum Gasteiger partial charge on any atom is -0.508 e. The Kier molecular flexibility index (Phi) is 5.68. The van der Waals surface area contributed by atoms with Gasteiger partial charge < -0.3 is 10.8 Å². The molecule has 1 atom stereocenters. The van der Waals surface area contributed by atoms with Crippen molar-refractivity contribution >= 4 is 23.0 Å². The van der Waals surface area contributed by atoms with Crippen LogP contribution in [0.4, 0.5) is 0 Å². The molecule has 3 N–H and O–H groups in total. The summed E-state index contributed by atoms with van der Waals surface area (Å²) in [7, 11) is 0. The second-order valence-electron chi connectivity index (χ2n) is 7.61. The van der Waals surface area contributed by atoms with Crippen LogP contribution in [0.2, 0.25) is 0 Å². The zero-order valence-corrected chi connectivity index (χ0v) is 18.4. The zero-order valence-electron chi connectivity index (χ0n) is 17.6. The lowest BCUT2D eigenvalue weighted by atomic mass is 9.98. The van der Waals surface area contributed by atoms with Crippen LogP contribution in [0, 0.1) is 0 Å². The van der Waals surface area contributed by atoms with Gasteiger partial charge in [0.05, 0.1) is 18.0 Å². The van der Waals surface area contributed by atoms with Gasteiger partial charge in [0.2, 0.25) is 0 Å². The highest BCUT2D eigenvalue weighted by atomic mass is 32.1. The molecule has 1 amide bonds. The van der Waals surface area contributed by atoms with Crippen LogP contribution < -0.4 is 5.73 Å². The predicted molar refractivity (Wildman–Crippen MR) is 128 cm³/mol. The Morgan fingerprint density at radius 1 is 1.09 bits per heavy atom. The van der Waals surface area contributed by atoms with Crippen molar-refractivity contribution in [3.8, 4) is 16.3 Å². The highest BCUT2D eigenvalue weighted by Gasteiger charge is 2.36. The number of aromatic hydroxyl groups is 1. The number of hydrogen-bond donors (Lipinski definition) is 2. The first kappa shape index (κ1) is 21.0. The van der Waals surface area contributed by atoms with Crippen LogP contribution in [-0.4, -0.2) is 31.7 Å². The maximum absolute atomic E-state index is 13.6. The summed E-state index contributed by atoms with van der Waals surface area (Å²) in [6.45, 7) is 0.388. The standard InChI is InChI=1S/C25H21N5O2S/c26-13-16-6-1-2-8-18(16)24-28-15-23(33-24)25(32)30-21(19-9-3-4-10-22(19)31)12-20(29-30)17-7-5-11-27-14-17/h1-11,14-15,21,31H,12-13,26H2. The summed E-state index contributed by atoms with van der Waals surface area (Å²) in [5.41, 5.74) is 9.99. The predicted octanol–water partition coefficient (Wildman–Crippen LogP) is 4.36. The number of pyridine rings is 1. The van der Waals surface area contributed by atoms with Gasteiger partial charge in [0, 0.05) is 42.0 Å². The van der Waals surface area contributed by atoms with Crippen LogP contribution in [-0.2, 0) is 6.54 Å². The maximum atomic E-state index is 13.6. The molecule has 0 saturated carbocycles. The van der Waals surface area contributed by atoms with E-state index >= 15 is 0 Å². The first-order valence-corrected chi connectivity index (χ1v) is 11.3. The van der Waals surface area contributed by atoms with E-state index in [0.29, 0.717) is 23.4 Å². The maximum Gasteiger partial charge on any atom is 0.286 e. The molecule has 1 unspecified atom stereocenters. The number of nitrogens with zero attached hydrogens (tertiary/aromatic N) is 4. The second-order valence-corrected chi connectivity index (χ2v) is 8.64. The smallest absolute Gasteiger partial charge is 0.286 e. The number of hydrogen-bond acceptors (Lipinski definition) is 7. The quantitative estimate of drug-likeness (QED) is 0.465. The van der Waals surface area contributed by atoms with Crippen LogP contribution in [0.3, 0.4) is 0 Å². The molecule has 5 rings (SSSR count). The fourth-order valence-electron chi connectivity index (χ4n) is 3.93. The van der Waals surface area contributed by atoms with Gasteiger partial charge in [-0.1, -0.05) is 48.5 Å². The van der Waals surface area contributed by atoms with E-state index < -0.39 is 6.04 Å². The lowest BCUT2D eigenvalue weighted by molar-refractivity contribution is 0.0714. The molecule has 1 aliphatic rings. The van der Waals surface area contributed by atoms with Gasteiger partial charge in [-0.2, -0.15) is 5.10 Å². The molecule has 0 saturated heterocycles. The number of benzene rings is 2. The number of hydrazone groups is 1. The van der Waals surface area contributed by atoms with Gasteiger partial charge >= 0.3 is 0 Å². The molecule has 2 aromatic heterocycles. The molecule has 1 aliphatic heterocycles. The Hall–Kier alpha value is -3.88. The molecular formula is C25H21N5O2S. The zero-order chi connectivity index (χ0) is 22.8. The van der Waals surface area contributed by atoms with E-state index in [1.54, 1.807) is 30.7 Å². The highest BCUT2D eigenvalue weighted by Crippen LogP contribution is 2.39. The van der Waals surface area contributed by atoms with E-state index in [4.69, 9.17) is 5.73 Å². The summed E-state index contributed by atoms with van der Waals surface area (Å²) < 4.78 is 0. The van der Waals surface area contributed by atoms with Crippen LogP contribution in [0.5, 0.6) is 5.75 Å². The van der Waals surface area contributed by atoms with E-state index in [0.717, 1.165) is 27.4 Å². The fraction of sp³-hybridized carbons (Fsp3) is 0.120. The first-order chi connectivity index (χ1) is 16.2. The molecule has 0 fully saturated rings. The molecule has 7 nitrogen and oxygen atoms in total. The van der Waals surface area contributed by atoms with E-state index in [2.05, 4.69) is 15.1 Å². The average Bonchev–Trinajstić information content (AvgIpc) is 3.53. The molecule has 3 heterocycles. The molecule has 33 heavy (non-hydrogen) atoms. The summed E-state index contributed by atoms with van der Waals surface area (Å²) in [4.78, 5) is 22.7. The number of phenolic OH excluding ortho intramolecular Hbond substituents is 1. The van der Waals surface area contributed by atoms with Crippen LogP contribution in [0.1, 0.15) is 38.8 Å². The SMILES string of the molecule is NCc1ccccc1-c1ncc(C(=O)N2N=C(c3cccnc3)CC2c2ccccc2O)s1. The summed E-state index contributed by atoms with van der Waals surface area (Å²) in [6, 6.07) is 18.1. The number of phenols is 1. The van der Waals surface area contributed by atoms with Gasteiger partial charge in [0.25, 0.3) is 5.91 Å². The summed E-state index contributed by atoms with van der Waals surface area (Å²) >= 11 is 1.31. The molecule has 0 bridgehead atoms. The van der Waals surface area contributed by atoms with Gasteiger partial charge in [0.15, 0.2) is 0 Å². The molecule has 0 radical (unpaired) electrons. The van der Waals surface area contributed by atoms with Crippen LogP contribution in [0.25, 0.3) is 10.6 Å². The van der Waals surface area contributed by atoms with Crippen molar-refractivity contribution in [2.45, 2.75) is 19.0 Å². The van der Waals surface area contributed by atoms with Crippen molar-refractivity contribution in [3.63, 3.8) is 0 Å². The number of thiazole rings is 1. The Balaban J connectivity index is 1.52. The topological polar surface area (TPSA) is 105 Å². The van der Waals surface area contributed by atoms with Crippen molar-refractivity contribution in [1.82, 2.24) is 15.0 Å². The van der Waals surface area contributed by atoms with Crippen molar-refractivity contribution in [3.05, 3.63) is 101 Å². The third kappa shape index (κ3) is 4.02. The monoisotopic (exact) mass is 455 g/mol. The van der Waals surface area contributed by atoms with Crippen molar-refractivity contribution in [2.24, 2.45) is 10.8 Å². The number of aromatic nitrogens is 2. The van der Waals surface area contributed by atoms with Crippen LogP contribution in [0.15, 0.2) is 84.4 Å². The highest BCUT2D eigenvalue weighted by molar-refractivity contribution is 7.16. The van der Waals surface area contributed by atoms with Crippen molar-refractivity contribution in [2.75, 3.05) is 0 Å². The molecule has 8 heteroatoms. The van der Waals surface area contributed by atoms with E-state index in [1.165, 1.54) is 16.3 Å². The summed E-state index contributed by atoms with van der Waals surface area (Å²) in [5, 5.41) is 17.3. The number of nitrogens with two attached hydrogens (primary N) is 1. The third-order valence-electron chi connectivity index (χ3n) is 5.59. The van der Waals surface area contributed by atoms with Gasteiger partial charge in [-0.25, -0.2) is 9.99 Å². The molecule has 4 aromatic rings. The molecular weight excluding hydrogens is 434 g/mol. The molecule has 2 aromatic carbocycles. The second kappa shape index (κ2) is 8.93. The van der Waals surface area contributed by atoms with E-state index in [1.807, 2.05) is 48.5 Å². The largest absolute Gasteiger partial charge is 0.508 e. The van der Waals surface area contributed by atoms with Gasteiger partial charge in [-0.05, 0) is 17.7 Å². The Bertz CT molecular complexity index is 1340. The van der Waals surface area contributed by atoms with Crippen LogP contribution >= 0.6 is 11.3 Å².